The molecule has 0 aromatic carbocycles. The first kappa shape index (κ1) is 35.6. The number of carboxylic acid groups (broad SMARTS) is 3. The molecule has 28 heavy (non-hydrogen) atoms. The number of hydrogen-bond donors (Lipinski definition) is 3. The zero-order chi connectivity index (χ0) is 21.8. The van der Waals surface area contributed by atoms with Crippen molar-refractivity contribution in [2.45, 2.75) is 35.0 Å². The van der Waals surface area contributed by atoms with Crippen LogP contribution < -0.4 is 15.3 Å². The van der Waals surface area contributed by atoms with Crippen molar-refractivity contribution < 1.29 is 43.9 Å². The van der Waals surface area contributed by atoms with E-state index >= 15 is 0 Å². The number of carbonyl (C=O) groups excluding carboxylic acids is 3. The molecule has 13 heteroatoms. The first-order chi connectivity index (χ1) is 12.5. The van der Waals surface area contributed by atoms with Gasteiger partial charge < -0.3 is 43.9 Å². The summed E-state index contributed by atoms with van der Waals surface area (Å²) in [5.41, 5.74) is 0. The number of carbonyl (C=O) groups is 3. The minimum Gasteiger partial charge on any atom is -0.549 e. The molecule has 3 atom stereocenters. The van der Waals surface area contributed by atoms with Gasteiger partial charge in [-0.15, -0.1) is 0 Å². The summed E-state index contributed by atoms with van der Waals surface area (Å²) in [4.78, 5) is 29.9. The maximum atomic E-state index is 9.96. The molecule has 0 aromatic heterocycles. The molecule has 164 valence electrons. The largest absolute Gasteiger partial charge is 3.00 e. The molecule has 0 bridgehead atoms. The van der Waals surface area contributed by atoms with Crippen LogP contribution in [-0.4, -0.2) is 99.2 Å². The number of ether oxygens (including phenoxy) is 3. The van der Waals surface area contributed by atoms with E-state index in [1.54, 1.807) is 0 Å². The van der Waals surface area contributed by atoms with Gasteiger partial charge in [-0.05, 0) is 19.3 Å². The van der Waals surface area contributed by atoms with E-state index in [1.165, 1.54) is 21.3 Å². The van der Waals surface area contributed by atoms with Crippen LogP contribution in [-0.2, 0) is 28.6 Å². The smallest absolute Gasteiger partial charge is 0.549 e. The molecule has 0 saturated heterocycles. The first-order valence-corrected chi connectivity index (χ1v) is 9.23. The van der Waals surface area contributed by atoms with Crippen LogP contribution in [0.25, 0.3) is 0 Å². The fourth-order valence-corrected chi connectivity index (χ4v) is 1.36. The van der Waals surface area contributed by atoms with E-state index in [2.05, 4.69) is 52.1 Å². The van der Waals surface area contributed by atoms with Gasteiger partial charge in [0.25, 0.3) is 0 Å². The molecule has 2 radical (unpaired) electrons. The molecule has 0 saturated carbocycles. The zero-order valence-corrected chi connectivity index (χ0v) is 21.2. The third-order valence-electron chi connectivity index (χ3n) is 2.60. The van der Waals surface area contributed by atoms with Gasteiger partial charge >= 0.3 is 24.4 Å². The normalized spacial score (nSPS) is 12.6. The first-order valence-electron chi connectivity index (χ1n) is 7.68. The third kappa shape index (κ3) is 28.4. The SMILES string of the molecule is COCCC(S)C(=O)[O-].COCCC(S)C(=O)[O-].COCCC(S)C(=O)[O-].[Sb+3]. The van der Waals surface area contributed by atoms with E-state index in [9.17, 15) is 29.7 Å². The van der Waals surface area contributed by atoms with Gasteiger partial charge in [0.1, 0.15) is 0 Å². The summed E-state index contributed by atoms with van der Waals surface area (Å²) in [5.74, 6) is -3.43. The summed E-state index contributed by atoms with van der Waals surface area (Å²) in [7, 11) is 4.53. The predicted molar refractivity (Wildman–Crippen MR) is 109 cm³/mol. The molecule has 0 aliphatic carbocycles. The van der Waals surface area contributed by atoms with Gasteiger partial charge in [0, 0.05) is 56.9 Å². The van der Waals surface area contributed by atoms with Gasteiger partial charge in [-0.1, -0.05) is 0 Å². The van der Waals surface area contributed by atoms with E-state index in [0.29, 0.717) is 39.1 Å². The van der Waals surface area contributed by atoms with Crippen LogP contribution in [0, 0.1) is 0 Å². The number of carboxylic acids is 3. The number of methoxy groups -OCH3 is 3. The molecule has 0 fully saturated rings. The monoisotopic (exact) mass is 568 g/mol. The molecule has 9 nitrogen and oxygen atoms in total. The van der Waals surface area contributed by atoms with Crippen molar-refractivity contribution in [2.75, 3.05) is 41.2 Å². The second-order valence-corrected chi connectivity index (χ2v) is 6.72. The van der Waals surface area contributed by atoms with Gasteiger partial charge in [-0.3, -0.25) is 0 Å². The summed E-state index contributed by atoms with van der Waals surface area (Å²) in [6.07, 6.45) is 1.17. The Hall–Kier alpha value is 0.158. The molecule has 0 aliphatic heterocycles. The molecule has 0 N–H and O–H groups in total. The Morgan fingerprint density at radius 3 is 0.929 bits per heavy atom. The minimum absolute atomic E-state index is 0. The Kier molecular flexibility index (Phi) is 32.0. The number of hydrogen-bond acceptors (Lipinski definition) is 12. The molecular weight excluding hydrogens is 542 g/mol. The van der Waals surface area contributed by atoms with Crippen LogP contribution in [0.2, 0.25) is 0 Å². The Bertz CT molecular complexity index is 346. The molecule has 0 rings (SSSR count). The van der Waals surface area contributed by atoms with Crippen molar-refractivity contribution in [3.05, 3.63) is 0 Å². The molecule has 3 unspecified atom stereocenters. The molecular formula is C15H27O9S3Sb. The molecule has 0 amide bonds. The standard InChI is InChI=1S/3C5H10O3S.Sb/c3*1-8-3-2-4(9)5(6)7;/h3*4,9H,2-3H2,1H3,(H,6,7);/q;;;+3/p-3. The number of aliphatic carboxylic acids is 3. The Labute approximate surface area is 199 Å². The molecule has 0 aliphatic rings. The maximum absolute atomic E-state index is 9.96. The molecule has 0 aromatic rings. The van der Waals surface area contributed by atoms with Gasteiger partial charge in [0.2, 0.25) is 0 Å². The van der Waals surface area contributed by atoms with Crippen molar-refractivity contribution >= 4 is 80.2 Å². The van der Waals surface area contributed by atoms with E-state index in [1.807, 2.05) is 0 Å². The third-order valence-corrected chi connectivity index (χ3v) is 4.01. The van der Waals surface area contributed by atoms with Crippen LogP contribution in [0.4, 0.5) is 0 Å². The number of thiol groups is 3. The predicted octanol–water partition coefficient (Wildman–Crippen LogP) is -3.17. The second-order valence-electron chi connectivity index (χ2n) is 4.85. The molecule has 0 spiro atoms. The van der Waals surface area contributed by atoms with Crippen molar-refractivity contribution in [3.63, 3.8) is 0 Å². The van der Waals surface area contributed by atoms with Gasteiger partial charge in [0.05, 0.1) is 17.9 Å². The van der Waals surface area contributed by atoms with Gasteiger partial charge in [-0.25, -0.2) is 0 Å². The Morgan fingerprint density at radius 2 is 0.821 bits per heavy atom. The van der Waals surface area contributed by atoms with Crippen LogP contribution >= 0.6 is 37.9 Å². The fourth-order valence-electron chi connectivity index (χ4n) is 1.04. The Morgan fingerprint density at radius 1 is 0.643 bits per heavy atom. The summed E-state index contributed by atoms with van der Waals surface area (Å²) < 4.78 is 13.9. The van der Waals surface area contributed by atoms with E-state index in [-0.39, 0.29) is 24.4 Å². The fraction of sp³-hybridized carbons (Fsp3) is 0.800. The summed E-state index contributed by atoms with van der Waals surface area (Å²) in [6, 6.07) is 0. The minimum atomic E-state index is -1.14. The van der Waals surface area contributed by atoms with Crippen molar-refractivity contribution in [3.8, 4) is 0 Å². The second kappa shape index (κ2) is 25.2. The van der Waals surface area contributed by atoms with Crippen LogP contribution in [0.3, 0.4) is 0 Å². The van der Waals surface area contributed by atoms with Crippen LogP contribution in [0.5, 0.6) is 0 Å². The average molecular weight is 569 g/mol. The Balaban J connectivity index is -0.000000152. The van der Waals surface area contributed by atoms with E-state index in [0.717, 1.165) is 0 Å². The van der Waals surface area contributed by atoms with Crippen LogP contribution in [0.1, 0.15) is 19.3 Å². The summed E-state index contributed by atoms with van der Waals surface area (Å²) in [6.45, 7) is 1.21. The summed E-state index contributed by atoms with van der Waals surface area (Å²) in [5, 5.41) is 27.8. The van der Waals surface area contributed by atoms with Crippen molar-refractivity contribution in [1.82, 2.24) is 0 Å². The average Bonchev–Trinajstić information content (AvgIpc) is 2.62. The van der Waals surface area contributed by atoms with Gasteiger partial charge in [-0.2, -0.15) is 37.9 Å². The van der Waals surface area contributed by atoms with E-state index in [4.69, 9.17) is 0 Å². The van der Waals surface area contributed by atoms with E-state index < -0.39 is 33.7 Å². The topological polar surface area (TPSA) is 148 Å². The summed E-state index contributed by atoms with van der Waals surface area (Å²) >= 11 is 11.2. The van der Waals surface area contributed by atoms with Crippen LogP contribution in [0.15, 0.2) is 0 Å². The van der Waals surface area contributed by atoms with Crippen molar-refractivity contribution in [2.24, 2.45) is 0 Å². The quantitative estimate of drug-likeness (QED) is 0.164. The molecule has 0 heterocycles. The zero-order valence-electron chi connectivity index (χ0n) is 15.9. The van der Waals surface area contributed by atoms with Gasteiger partial charge in [0.15, 0.2) is 0 Å². The number of rotatable bonds is 12. The van der Waals surface area contributed by atoms with Crippen molar-refractivity contribution in [1.29, 1.82) is 0 Å². The maximum Gasteiger partial charge on any atom is 3.00 e.